The molecule has 1 aliphatic heterocycles. The van der Waals surface area contributed by atoms with Gasteiger partial charge in [0.1, 0.15) is 0 Å². The van der Waals surface area contributed by atoms with E-state index in [0.29, 0.717) is 37.4 Å². The van der Waals surface area contributed by atoms with Crippen LogP contribution < -0.4 is 5.73 Å². The molecule has 114 valence electrons. The van der Waals surface area contributed by atoms with E-state index in [2.05, 4.69) is 4.74 Å². The molecular formula is C15H21N3O3. The van der Waals surface area contributed by atoms with Crippen molar-refractivity contribution in [1.29, 1.82) is 0 Å². The average molecular weight is 291 g/mol. The molecule has 0 aliphatic carbocycles. The summed E-state index contributed by atoms with van der Waals surface area (Å²) >= 11 is 0. The van der Waals surface area contributed by atoms with Crippen LogP contribution in [0.3, 0.4) is 0 Å². The molecule has 6 heteroatoms. The van der Waals surface area contributed by atoms with Crippen molar-refractivity contribution < 1.29 is 14.3 Å². The average Bonchev–Trinajstić information content (AvgIpc) is 2.50. The first-order valence-corrected chi connectivity index (χ1v) is 6.96. The lowest BCUT2D eigenvalue weighted by Crippen LogP contribution is -2.50. The van der Waals surface area contributed by atoms with E-state index in [4.69, 9.17) is 5.73 Å². The molecule has 1 aromatic rings. The predicted octanol–water partition coefficient (Wildman–Crippen LogP) is 0.508. The highest BCUT2D eigenvalue weighted by atomic mass is 16.5. The smallest absolute Gasteiger partial charge is 0.319 e. The fourth-order valence-electron chi connectivity index (χ4n) is 2.35. The summed E-state index contributed by atoms with van der Waals surface area (Å²) < 4.78 is 4.65. The quantitative estimate of drug-likeness (QED) is 0.648. The van der Waals surface area contributed by atoms with Crippen LogP contribution in [0.1, 0.15) is 15.9 Å². The number of rotatable bonds is 3. The van der Waals surface area contributed by atoms with E-state index in [0.717, 1.165) is 5.56 Å². The number of amides is 1. The number of esters is 1. The maximum absolute atomic E-state index is 12.4. The predicted molar refractivity (Wildman–Crippen MR) is 80.0 cm³/mol. The monoisotopic (exact) mass is 291 g/mol. The van der Waals surface area contributed by atoms with E-state index >= 15 is 0 Å². The number of benzene rings is 1. The number of carbonyl (C=O) groups excluding carboxylic acids is 2. The van der Waals surface area contributed by atoms with E-state index in [1.54, 1.807) is 17.0 Å². The molecule has 0 spiro atoms. The number of methoxy groups -OCH3 is 1. The molecule has 0 bridgehead atoms. The molecule has 1 aliphatic rings. The number of nitrogens with zero attached hydrogens (tertiary/aromatic N) is 2. The third kappa shape index (κ3) is 3.72. The molecule has 21 heavy (non-hydrogen) atoms. The Labute approximate surface area is 124 Å². The van der Waals surface area contributed by atoms with Gasteiger partial charge in [-0.15, -0.1) is 0 Å². The van der Waals surface area contributed by atoms with Crippen molar-refractivity contribution in [3.8, 4) is 0 Å². The molecule has 1 saturated heterocycles. The molecule has 0 radical (unpaired) electrons. The highest BCUT2D eigenvalue weighted by molar-refractivity contribution is 5.95. The minimum Gasteiger partial charge on any atom is -0.468 e. The number of carbonyl (C=O) groups is 2. The summed E-state index contributed by atoms with van der Waals surface area (Å²) in [5.74, 6) is -0.236. The number of nitrogens with two attached hydrogens (primary N) is 1. The maximum Gasteiger partial charge on any atom is 0.319 e. The van der Waals surface area contributed by atoms with Crippen LogP contribution in [0.5, 0.6) is 0 Å². The van der Waals surface area contributed by atoms with Crippen LogP contribution in [0.15, 0.2) is 18.2 Å². The number of ether oxygens (including phenoxy) is 1. The molecule has 0 atom stereocenters. The molecule has 2 rings (SSSR count). The van der Waals surface area contributed by atoms with Crippen molar-refractivity contribution in [3.05, 3.63) is 29.3 Å². The van der Waals surface area contributed by atoms with Crippen molar-refractivity contribution in [3.63, 3.8) is 0 Å². The van der Waals surface area contributed by atoms with Gasteiger partial charge in [0.25, 0.3) is 5.91 Å². The van der Waals surface area contributed by atoms with E-state index in [1.807, 2.05) is 17.9 Å². The summed E-state index contributed by atoms with van der Waals surface area (Å²) in [5, 5.41) is 0. The van der Waals surface area contributed by atoms with Gasteiger partial charge in [-0.1, -0.05) is 0 Å². The Morgan fingerprint density at radius 3 is 2.48 bits per heavy atom. The first kappa shape index (κ1) is 15.3. The van der Waals surface area contributed by atoms with Crippen LogP contribution >= 0.6 is 0 Å². The van der Waals surface area contributed by atoms with Crippen molar-refractivity contribution in [2.24, 2.45) is 0 Å². The van der Waals surface area contributed by atoms with Gasteiger partial charge in [0.05, 0.1) is 13.7 Å². The molecule has 1 aromatic carbocycles. The zero-order chi connectivity index (χ0) is 15.4. The van der Waals surface area contributed by atoms with Gasteiger partial charge < -0.3 is 15.4 Å². The summed E-state index contributed by atoms with van der Waals surface area (Å²) in [5.41, 5.74) is 8.02. The molecule has 0 unspecified atom stereocenters. The third-order valence-corrected chi connectivity index (χ3v) is 3.76. The summed E-state index contributed by atoms with van der Waals surface area (Å²) in [6.07, 6.45) is 0. The normalized spacial score (nSPS) is 15.8. The summed E-state index contributed by atoms with van der Waals surface area (Å²) in [4.78, 5) is 27.4. The number of nitrogen functional groups attached to an aromatic ring is 1. The van der Waals surface area contributed by atoms with E-state index in [1.165, 1.54) is 7.11 Å². The molecule has 1 amide bonds. The van der Waals surface area contributed by atoms with Gasteiger partial charge in [-0.3, -0.25) is 14.5 Å². The number of piperazine rings is 1. The van der Waals surface area contributed by atoms with Crippen LogP contribution in [0.2, 0.25) is 0 Å². The molecule has 6 nitrogen and oxygen atoms in total. The van der Waals surface area contributed by atoms with Crippen molar-refractivity contribution in [1.82, 2.24) is 9.80 Å². The largest absolute Gasteiger partial charge is 0.468 e. The minimum atomic E-state index is -0.246. The first-order chi connectivity index (χ1) is 10.0. The van der Waals surface area contributed by atoms with Crippen molar-refractivity contribution >= 4 is 17.6 Å². The van der Waals surface area contributed by atoms with Gasteiger partial charge in [0.2, 0.25) is 0 Å². The zero-order valence-electron chi connectivity index (χ0n) is 12.5. The molecule has 0 saturated carbocycles. The third-order valence-electron chi connectivity index (χ3n) is 3.76. The molecule has 1 fully saturated rings. The number of anilines is 1. The van der Waals surface area contributed by atoms with Gasteiger partial charge in [-0.25, -0.2) is 0 Å². The van der Waals surface area contributed by atoms with Gasteiger partial charge in [-0.2, -0.15) is 0 Å². The number of hydrogen-bond donors (Lipinski definition) is 1. The van der Waals surface area contributed by atoms with Gasteiger partial charge in [0.15, 0.2) is 0 Å². The van der Waals surface area contributed by atoms with Crippen LogP contribution in [0.4, 0.5) is 5.69 Å². The van der Waals surface area contributed by atoms with E-state index in [-0.39, 0.29) is 18.4 Å². The van der Waals surface area contributed by atoms with Gasteiger partial charge in [-0.05, 0) is 30.7 Å². The second-order valence-corrected chi connectivity index (χ2v) is 5.22. The summed E-state index contributed by atoms with van der Waals surface area (Å²) in [6.45, 7) is 4.74. The number of aryl methyl sites for hydroxylation is 1. The second kappa shape index (κ2) is 6.58. The van der Waals surface area contributed by atoms with Crippen LogP contribution in [0, 0.1) is 6.92 Å². The van der Waals surface area contributed by atoms with Crippen LogP contribution in [-0.4, -0.2) is 61.5 Å². The Kier molecular flexibility index (Phi) is 4.80. The Hall–Kier alpha value is -2.08. The molecule has 1 heterocycles. The molecule has 2 N–H and O–H groups in total. The van der Waals surface area contributed by atoms with Crippen LogP contribution in [0.25, 0.3) is 0 Å². The van der Waals surface area contributed by atoms with E-state index in [9.17, 15) is 9.59 Å². The fourth-order valence-corrected chi connectivity index (χ4v) is 2.35. The lowest BCUT2D eigenvalue weighted by atomic mass is 10.1. The lowest BCUT2D eigenvalue weighted by molar-refractivity contribution is -0.142. The van der Waals surface area contributed by atoms with E-state index < -0.39 is 0 Å². The summed E-state index contributed by atoms with van der Waals surface area (Å²) in [6, 6.07) is 5.33. The second-order valence-electron chi connectivity index (χ2n) is 5.22. The zero-order valence-corrected chi connectivity index (χ0v) is 12.5. The Balaban J connectivity index is 1.93. The lowest BCUT2D eigenvalue weighted by Gasteiger charge is -2.34. The fraction of sp³-hybridized carbons (Fsp3) is 0.467. The standard InChI is InChI=1S/C15H21N3O3/c1-11-9-12(3-4-13(11)16)15(20)18-7-5-17(6-8-18)10-14(19)21-2/h3-4,9H,5-8,10,16H2,1-2H3. The summed E-state index contributed by atoms with van der Waals surface area (Å²) in [7, 11) is 1.38. The Bertz CT molecular complexity index is 537. The van der Waals surface area contributed by atoms with Crippen molar-refractivity contribution in [2.75, 3.05) is 45.6 Å². The van der Waals surface area contributed by atoms with Crippen LogP contribution in [-0.2, 0) is 9.53 Å². The van der Waals surface area contributed by atoms with Gasteiger partial charge in [0, 0.05) is 37.4 Å². The molecular weight excluding hydrogens is 270 g/mol. The molecule has 0 aromatic heterocycles. The SMILES string of the molecule is COC(=O)CN1CCN(C(=O)c2ccc(N)c(C)c2)CC1. The topological polar surface area (TPSA) is 75.9 Å². The Morgan fingerprint density at radius 1 is 1.24 bits per heavy atom. The van der Waals surface area contributed by atoms with Gasteiger partial charge >= 0.3 is 5.97 Å². The minimum absolute atomic E-state index is 0.0100. The maximum atomic E-state index is 12.4. The van der Waals surface area contributed by atoms with Crippen molar-refractivity contribution in [2.45, 2.75) is 6.92 Å². The first-order valence-electron chi connectivity index (χ1n) is 6.96. The highest BCUT2D eigenvalue weighted by Crippen LogP contribution is 2.15. The Morgan fingerprint density at radius 2 is 1.90 bits per heavy atom. The number of hydrogen-bond acceptors (Lipinski definition) is 5. The highest BCUT2D eigenvalue weighted by Gasteiger charge is 2.23.